The fourth-order valence-corrected chi connectivity index (χ4v) is 2.88. The molecular weight excluding hydrogens is 304 g/mol. The topological polar surface area (TPSA) is 68.2 Å². The van der Waals surface area contributed by atoms with Crippen molar-refractivity contribution in [1.29, 1.82) is 0 Å². The number of nitrogens with one attached hydrogen (secondary N) is 2. The van der Waals surface area contributed by atoms with E-state index in [4.69, 9.17) is 4.74 Å². The molecule has 2 atom stereocenters. The second kappa shape index (κ2) is 7.05. The molecule has 0 aliphatic carbocycles. The molecule has 1 aliphatic heterocycles. The maximum atomic E-state index is 11.8. The predicted octanol–water partition coefficient (Wildman–Crippen LogP) is 2.42. The molecule has 0 saturated heterocycles. The lowest BCUT2D eigenvalue weighted by Crippen LogP contribution is -2.36. The van der Waals surface area contributed by atoms with Crippen molar-refractivity contribution in [3.63, 3.8) is 0 Å². The number of amides is 1. The Labute approximate surface area is 142 Å². The molecule has 2 heterocycles. The lowest BCUT2D eigenvalue weighted by atomic mass is 10.1. The number of ether oxygens (including phenoxy) is 1. The first-order valence-corrected chi connectivity index (χ1v) is 8.40. The highest BCUT2D eigenvalue weighted by atomic mass is 16.5. The number of benzene rings is 1. The molecule has 2 aromatic rings. The minimum absolute atomic E-state index is 0.0694. The Balaban J connectivity index is 1.62. The van der Waals surface area contributed by atoms with Crippen LogP contribution in [0.2, 0.25) is 0 Å². The first kappa shape index (κ1) is 16.5. The van der Waals surface area contributed by atoms with Gasteiger partial charge in [-0.3, -0.25) is 9.48 Å². The number of rotatable bonds is 6. The van der Waals surface area contributed by atoms with E-state index in [1.165, 1.54) is 5.69 Å². The summed E-state index contributed by atoms with van der Waals surface area (Å²) in [6.07, 6.45) is 3.00. The molecule has 1 amide bonds. The van der Waals surface area contributed by atoms with E-state index >= 15 is 0 Å². The molecule has 0 radical (unpaired) electrons. The summed E-state index contributed by atoms with van der Waals surface area (Å²) < 4.78 is 7.71. The summed E-state index contributed by atoms with van der Waals surface area (Å²) in [7, 11) is 1.96. The Morgan fingerprint density at radius 1 is 1.42 bits per heavy atom. The highest BCUT2D eigenvalue weighted by molar-refractivity contribution is 5.97. The van der Waals surface area contributed by atoms with Gasteiger partial charge in [0.05, 0.1) is 5.69 Å². The number of hydrogen-bond donors (Lipinski definition) is 2. The van der Waals surface area contributed by atoms with Gasteiger partial charge >= 0.3 is 0 Å². The number of hydrogen-bond acceptors (Lipinski definition) is 4. The number of anilines is 1. The van der Waals surface area contributed by atoms with Gasteiger partial charge in [-0.05, 0) is 37.1 Å². The van der Waals surface area contributed by atoms with Gasteiger partial charge in [0.2, 0.25) is 0 Å². The van der Waals surface area contributed by atoms with E-state index in [1.807, 2.05) is 49.1 Å². The monoisotopic (exact) mass is 328 g/mol. The zero-order valence-corrected chi connectivity index (χ0v) is 14.4. The zero-order chi connectivity index (χ0) is 17.1. The van der Waals surface area contributed by atoms with Gasteiger partial charge in [-0.15, -0.1) is 0 Å². The number of aromatic nitrogens is 2. The Morgan fingerprint density at radius 2 is 2.25 bits per heavy atom. The third-order valence-corrected chi connectivity index (χ3v) is 4.45. The van der Waals surface area contributed by atoms with Crippen LogP contribution in [0.1, 0.15) is 37.6 Å². The van der Waals surface area contributed by atoms with Crippen molar-refractivity contribution < 1.29 is 9.53 Å². The smallest absolute Gasteiger partial charge is 0.265 e. The molecule has 1 aromatic heterocycles. The normalized spacial score (nSPS) is 17.8. The van der Waals surface area contributed by atoms with Crippen molar-refractivity contribution >= 4 is 11.6 Å². The van der Waals surface area contributed by atoms with Crippen LogP contribution in [0.25, 0.3) is 0 Å². The number of fused-ring (bicyclic) bond motifs is 1. The molecule has 1 aromatic carbocycles. The van der Waals surface area contributed by atoms with E-state index in [-0.39, 0.29) is 11.9 Å². The molecule has 6 nitrogen and oxygen atoms in total. The molecule has 0 spiro atoms. The standard InChI is InChI=1S/C18H24N4O2/c1-4-16-18(23)21-15-6-5-13(11-17(15)24-16)12(2)19-9-7-14-8-10-20-22(14)3/h5-6,8,10-12,16,19H,4,7,9H2,1-3H3,(H,21,23)/t12-,16+/m1/s1. The Morgan fingerprint density at radius 3 is 2.96 bits per heavy atom. The summed E-state index contributed by atoms with van der Waals surface area (Å²) in [6.45, 7) is 4.94. The fraction of sp³-hybridized carbons (Fsp3) is 0.444. The lowest BCUT2D eigenvalue weighted by molar-refractivity contribution is -0.123. The maximum Gasteiger partial charge on any atom is 0.265 e. The zero-order valence-electron chi connectivity index (χ0n) is 14.4. The highest BCUT2D eigenvalue weighted by Crippen LogP contribution is 2.32. The Kier molecular flexibility index (Phi) is 4.85. The van der Waals surface area contributed by atoms with Gasteiger partial charge in [0, 0.05) is 37.9 Å². The van der Waals surface area contributed by atoms with E-state index in [9.17, 15) is 4.79 Å². The lowest BCUT2D eigenvalue weighted by Gasteiger charge is -2.26. The van der Waals surface area contributed by atoms with Crippen LogP contribution in [0.3, 0.4) is 0 Å². The minimum atomic E-state index is -0.402. The number of carbonyl (C=O) groups excluding carboxylic acids is 1. The largest absolute Gasteiger partial charge is 0.478 e. The minimum Gasteiger partial charge on any atom is -0.478 e. The summed E-state index contributed by atoms with van der Waals surface area (Å²) in [4.78, 5) is 11.8. The molecule has 2 N–H and O–H groups in total. The van der Waals surface area contributed by atoms with Crippen molar-refractivity contribution in [2.45, 2.75) is 38.8 Å². The van der Waals surface area contributed by atoms with Crippen molar-refractivity contribution in [2.75, 3.05) is 11.9 Å². The van der Waals surface area contributed by atoms with Crippen LogP contribution < -0.4 is 15.4 Å². The van der Waals surface area contributed by atoms with Crippen LogP contribution in [-0.2, 0) is 18.3 Å². The summed E-state index contributed by atoms with van der Waals surface area (Å²) in [6, 6.07) is 8.18. The molecule has 0 unspecified atom stereocenters. The van der Waals surface area contributed by atoms with E-state index < -0.39 is 6.10 Å². The average molecular weight is 328 g/mol. The van der Waals surface area contributed by atoms with Gasteiger partial charge in [0.1, 0.15) is 5.75 Å². The maximum absolute atomic E-state index is 11.8. The second-order valence-corrected chi connectivity index (χ2v) is 6.13. The quantitative estimate of drug-likeness (QED) is 0.854. The van der Waals surface area contributed by atoms with Crippen LogP contribution in [0.5, 0.6) is 5.75 Å². The number of carbonyl (C=O) groups is 1. The van der Waals surface area contributed by atoms with Crippen LogP contribution in [0, 0.1) is 0 Å². The first-order valence-electron chi connectivity index (χ1n) is 8.40. The summed E-state index contributed by atoms with van der Waals surface area (Å²) in [5.74, 6) is 0.680. The van der Waals surface area contributed by atoms with Crippen LogP contribution >= 0.6 is 0 Å². The van der Waals surface area contributed by atoms with Crippen molar-refractivity contribution in [1.82, 2.24) is 15.1 Å². The van der Waals surface area contributed by atoms with E-state index in [1.54, 1.807) is 0 Å². The molecular formula is C18H24N4O2. The summed E-state index contributed by atoms with van der Waals surface area (Å²) >= 11 is 0. The summed E-state index contributed by atoms with van der Waals surface area (Å²) in [5.41, 5.74) is 3.09. The Bertz CT molecular complexity index is 726. The van der Waals surface area contributed by atoms with Gasteiger partial charge < -0.3 is 15.4 Å². The van der Waals surface area contributed by atoms with Gasteiger partial charge in [-0.1, -0.05) is 13.0 Å². The molecule has 0 saturated carbocycles. The summed E-state index contributed by atoms with van der Waals surface area (Å²) in [5, 5.41) is 10.6. The molecule has 0 bridgehead atoms. The Hall–Kier alpha value is -2.34. The van der Waals surface area contributed by atoms with Gasteiger partial charge in [0.25, 0.3) is 5.91 Å². The van der Waals surface area contributed by atoms with Gasteiger partial charge in [-0.2, -0.15) is 5.10 Å². The predicted molar refractivity (Wildman–Crippen MR) is 93.1 cm³/mol. The first-order chi connectivity index (χ1) is 11.6. The van der Waals surface area contributed by atoms with Gasteiger partial charge in [0.15, 0.2) is 6.10 Å². The average Bonchev–Trinajstić information content (AvgIpc) is 2.99. The van der Waals surface area contributed by atoms with Gasteiger partial charge in [-0.25, -0.2) is 0 Å². The number of aryl methyl sites for hydroxylation is 1. The molecule has 24 heavy (non-hydrogen) atoms. The second-order valence-electron chi connectivity index (χ2n) is 6.13. The van der Waals surface area contributed by atoms with Crippen molar-refractivity contribution in [2.24, 2.45) is 7.05 Å². The molecule has 1 aliphatic rings. The van der Waals surface area contributed by atoms with E-state index in [0.717, 1.165) is 30.0 Å². The van der Waals surface area contributed by atoms with Crippen LogP contribution in [0.15, 0.2) is 30.5 Å². The molecule has 0 fully saturated rings. The third-order valence-electron chi connectivity index (χ3n) is 4.45. The third kappa shape index (κ3) is 3.43. The van der Waals surface area contributed by atoms with Crippen molar-refractivity contribution in [3.8, 4) is 5.75 Å². The van der Waals surface area contributed by atoms with E-state index in [2.05, 4.69) is 22.7 Å². The fourth-order valence-electron chi connectivity index (χ4n) is 2.88. The number of nitrogens with zero attached hydrogens (tertiary/aromatic N) is 2. The van der Waals surface area contributed by atoms with E-state index in [0.29, 0.717) is 6.42 Å². The van der Waals surface area contributed by atoms with Crippen molar-refractivity contribution in [3.05, 3.63) is 41.7 Å². The highest BCUT2D eigenvalue weighted by Gasteiger charge is 2.26. The molecule has 128 valence electrons. The molecule has 6 heteroatoms. The SMILES string of the molecule is CC[C@@H]1Oc2cc([C@@H](C)NCCc3ccnn3C)ccc2NC1=O. The van der Waals surface area contributed by atoms with Crippen LogP contribution in [-0.4, -0.2) is 28.3 Å². The molecule has 3 rings (SSSR count). The van der Waals surface area contributed by atoms with Crippen LogP contribution in [0.4, 0.5) is 5.69 Å².